The molecule has 0 aliphatic heterocycles. The molecule has 0 spiro atoms. The van der Waals surface area contributed by atoms with Gasteiger partial charge in [-0.2, -0.15) is 5.26 Å². The third-order valence-corrected chi connectivity index (χ3v) is 3.39. The topological polar surface area (TPSA) is 93.4 Å². The lowest BCUT2D eigenvalue weighted by Gasteiger charge is -2.34. The molecular formula is C15H19N3O3. The van der Waals surface area contributed by atoms with E-state index in [1.807, 2.05) is 6.07 Å². The van der Waals surface area contributed by atoms with Crippen molar-refractivity contribution in [1.82, 2.24) is 4.90 Å². The second kappa shape index (κ2) is 6.27. The molecule has 0 aromatic heterocycles. The van der Waals surface area contributed by atoms with Crippen molar-refractivity contribution < 1.29 is 14.7 Å². The van der Waals surface area contributed by atoms with Crippen molar-refractivity contribution in [2.45, 2.75) is 33.2 Å². The molecule has 21 heavy (non-hydrogen) atoms. The van der Waals surface area contributed by atoms with E-state index in [2.05, 4.69) is 5.32 Å². The molecule has 0 unspecified atom stereocenters. The predicted octanol–water partition coefficient (Wildman–Crippen LogP) is 2.58. The number of hydrogen-bond acceptors (Lipinski definition) is 3. The molecule has 0 aliphatic rings. The summed E-state index contributed by atoms with van der Waals surface area (Å²) in [6.07, 6.45) is 0. The van der Waals surface area contributed by atoms with Crippen LogP contribution in [0.5, 0.6) is 0 Å². The zero-order valence-electron chi connectivity index (χ0n) is 12.6. The molecule has 0 fully saturated rings. The van der Waals surface area contributed by atoms with Gasteiger partial charge in [-0.1, -0.05) is 12.1 Å². The molecule has 1 rings (SSSR count). The number of carboxylic acid groups (broad SMARTS) is 1. The second-order valence-electron chi connectivity index (χ2n) is 5.15. The van der Waals surface area contributed by atoms with Gasteiger partial charge in [-0.3, -0.25) is 0 Å². The van der Waals surface area contributed by atoms with Gasteiger partial charge in [0.25, 0.3) is 0 Å². The van der Waals surface area contributed by atoms with E-state index in [0.29, 0.717) is 11.3 Å². The minimum absolute atomic E-state index is 0.235. The van der Waals surface area contributed by atoms with E-state index in [1.165, 1.54) is 18.7 Å². The van der Waals surface area contributed by atoms with Gasteiger partial charge >= 0.3 is 12.0 Å². The quantitative estimate of drug-likeness (QED) is 0.890. The molecule has 0 atom stereocenters. The summed E-state index contributed by atoms with van der Waals surface area (Å²) in [5, 5.41) is 21.0. The van der Waals surface area contributed by atoms with Gasteiger partial charge in [-0.25, -0.2) is 9.59 Å². The Kier molecular flexibility index (Phi) is 4.93. The maximum atomic E-state index is 12.3. The number of carboxylic acids is 1. The van der Waals surface area contributed by atoms with Gasteiger partial charge in [0.05, 0.1) is 11.3 Å². The smallest absolute Gasteiger partial charge is 0.329 e. The van der Waals surface area contributed by atoms with Crippen LogP contribution in [0.25, 0.3) is 0 Å². The van der Waals surface area contributed by atoms with Crippen LogP contribution in [0.2, 0.25) is 0 Å². The van der Waals surface area contributed by atoms with Crippen LogP contribution >= 0.6 is 0 Å². The lowest BCUT2D eigenvalue weighted by molar-refractivity contribution is -0.147. The monoisotopic (exact) mass is 289 g/mol. The molecular weight excluding hydrogens is 270 g/mol. The number of anilines is 1. The first-order valence-electron chi connectivity index (χ1n) is 6.57. The minimum Gasteiger partial charge on any atom is -0.480 e. The predicted molar refractivity (Wildman–Crippen MR) is 79.0 cm³/mol. The number of amides is 2. The van der Waals surface area contributed by atoms with E-state index in [1.54, 1.807) is 32.0 Å². The molecule has 0 heterocycles. The average Bonchev–Trinajstić information content (AvgIpc) is 2.39. The van der Waals surface area contributed by atoms with Gasteiger partial charge in [0.1, 0.15) is 11.6 Å². The highest BCUT2D eigenvalue weighted by Crippen LogP contribution is 2.21. The van der Waals surface area contributed by atoms with E-state index in [0.717, 1.165) is 5.56 Å². The lowest BCUT2D eigenvalue weighted by Crippen LogP contribution is -2.54. The Morgan fingerprint density at radius 1 is 1.43 bits per heavy atom. The number of carbonyl (C=O) groups is 2. The average molecular weight is 289 g/mol. The molecule has 6 nitrogen and oxygen atoms in total. The zero-order valence-corrected chi connectivity index (χ0v) is 12.6. The first-order valence-corrected chi connectivity index (χ1v) is 6.57. The number of nitriles is 1. The summed E-state index contributed by atoms with van der Waals surface area (Å²) in [4.78, 5) is 24.8. The molecule has 1 aromatic rings. The number of nitrogens with zero attached hydrogens (tertiary/aromatic N) is 2. The van der Waals surface area contributed by atoms with Crippen LogP contribution in [0.4, 0.5) is 10.5 Å². The van der Waals surface area contributed by atoms with E-state index >= 15 is 0 Å². The Labute approximate surface area is 124 Å². The summed E-state index contributed by atoms with van der Waals surface area (Å²) >= 11 is 0. The summed E-state index contributed by atoms with van der Waals surface area (Å²) in [6.45, 7) is 6.62. The largest absolute Gasteiger partial charge is 0.480 e. The van der Waals surface area contributed by atoms with Crippen molar-refractivity contribution >= 4 is 17.7 Å². The van der Waals surface area contributed by atoms with Crippen molar-refractivity contribution in [3.8, 4) is 6.07 Å². The molecule has 6 heteroatoms. The first-order chi connectivity index (χ1) is 9.75. The van der Waals surface area contributed by atoms with E-state index in [-0.39, 0.29) is 6.54 Å². The fourth-order valence-electron chi connectivity index (χ4n) is 2.01. The fraction of sp³-hybridized carbons (Fsp3) is 0.400. The molecule has 0 aliphatic carbocycles. The summed E-state index contributed by atoms with van der Waals surface area (Å²) in [5.41, 5.74) is 0.156. The van der Waals surface area contributed by atoms with Crippen LogP contribution in [0, 0.1) is 18.3 Å². The van der Waals surface area contributed by atoms with E-state index < -0.39 is 17.5 Å². The van der Waals surface area contributed by atoms with E-state index in [4.69, 9.17) is 5.26 Å². The Bertz CT molecular complexity index is 603. The SMILES string of the molecule is CCN(C(=O)Nc1cccc(C)c1C#N)C(C)(C)C(=O)O. The summed E-state index contributed by atoms with van der Waals surface area (Å²) in [5.74, 6) is -1.09. The maximum absolute atomic E-state index is 12.3. The van der Waals surface area contributed by atoms with Crippen molar-refractivity contribution in [3.63, 3.8) is 0 Å². The molecule has 0 bridgehead atoms. The Morgan fingerprint density at radius 2 is 2.05 bits per heavy atom. The molecule has 2 amide bonds. The Hall–Kier alpha value is -2.55. The number of benzene rings is 1. The van der Waals surface area contributed by atoms with Crippen LogP contribution in [0.3, 0.4) is 0 Å². The van der Waals surface area contributed by atoms with Crippen LogP contribution in [0.1, 0.15) is 31.9 Å². The molecule has 0 radical (unpaired) electrons. The van der Waals surface area contributed by atoms with Crippen molar-refractivity contribution in [2.24, 2.45) is 0 Å². The number of likely N-dealkylation sites (N-methyl/N-ethyl adjacent to an activating group) is 1. The van der Waals surface area contributed by atoms with Crippen molar-refractivity contribution in [3.05, 3.63) is 29.3 Å². The number of urea groups is 1. The second-order valence-corrected chi connectivity index (χ2v) is 5.15. The summed E-state index contributed by atoms with van der Waals surface area (Å²) < 4.78 is 0. The van der Waals surface area contributed by atoms with Gasteiger partial charge in [-0.15, -0.1) is 0 Å². The Morgan fingerprint density at radius 3 is 2.52 bits per heavy atom. The number of aliphatic carboxylic acids is 1. The third kappa shape index (κ3) is 3.31. The molecule has 112 valence electrons. The van der Waals surface area contributed by atoms with Gasteiger partial charge in [-0.05, 0) is 39.3 Å². The fourth-order valence-corrected chi connectivity index (χ4v) is 2.01. The van der Waals surface area contributed by atoms with Crippen LogP contribution in [-0.2, 0) is 4.79 Å². The van der Waals surface area contributed by atoms with Crippen LogP contribution in [-0.4, -0.2) is 34.1 Å². The Balaban J connectivity index is 3.08. The number of nitrogens with one attached hydrogen (secondary N) is 1. The highest BCUT2D eigenvalue weighted by Gasteiger charge is 2.37. The number of hydrogen-bond donors (Lipinski definition) is 2. The standard InChI is InChI=1S/C15H19N3O3/c1-5-18(15(3,4)13(19)20)14(21)17-12-8-6-7-10(2)11(12)9-16/h6-8H,5H2,1-4H3,(H,17,21)(H,19,20). The van der Waals surface area contributed by atoms with Crippen molar-refractivity contribution in [2.75, 3.05) is 11.9 Å². The van der Waals surface area contributed by atoms with E-state index in [9.17, 15) is 14.7 Å². The molecule has 1 aromatic carbocycles. The maximum Gasteiger partial charge on any atom is 0.329 e. The van der Waals surface area contributed by atoms with Crippen LogP contribution < -0.4 is 5.32 Å². The van der Waals surface area contributed by atoms with Crippen molar-refractivity contribution in [1.29, 1.82) is 5.26 Å². The van der Waals surface area contributed by atoms with Gasteiger partial charge in [0.15, 0.2) is 0 Å². The minimum atomic E-state index is -1.34. The normalized spacial score (nSPS) is 10.6. The highest BCUT2D eigenvalue weighted by molar-refractivity contribution is 5.94. The van der Waals surface area contributed by atoms with Crippen LogP contribution in [0.15, 0.2) is 18.2 Å². The lowest BCUT2D eigenvalue weighted by atomic mass is 10.0. The molecule has 0 saturated carbocycles. The number of carbonyl (C=O) groups excluding carboxylic acids is 1. The molecule has 2 N–H and O–H groups in total. The highest BCUT2D eigenvalue weighted by atomic mass is 16.4. The zero-order chi connectivity index (χ0) is 16.2. The molecule has 0 saturated heterocycles. The summed E-state index contributed by atoms with van der Waals surface area (Å²) in [6, 6.07) is 6.60. The number of aryl methyl sites for hydroxylation is 1. The summed E-state index contributed by atoms with van der Waals surface area (Å²) in [7, 11) is 0. The third-order valence-electron chi connectivity index (χ3n) is 3.39. The van der Waals surface area contributed by atoms with Gasteiger partial charge < -0.3 is 15.3 Å². The number of rotatable bonds is 4. The first kappa shape index (κ1) is 16.5. The van der Waals surface area contributed by atoms with Gasteiger partial charge in [0, 0.05) is 6.54 Å². The van der Waals surface area contributed by atoms with Gasteiger partial charge in [0.2, 0.25) is 0 Å².